The number of carbonyl (C=O) groups is 2. The van der Waals surface area contributed by atoms with Gasteiger partial charge < -0.3 is 14.5 Å². The van der Waals surface area contributed by atoms with E-state index in [1.165, 1.54) is 19.2 Å². The number of nitrogens with zero attached hydrogens (tertiary/aromatic N) is 4. The van der Waals surface area contributed by atoms with E-state index in [9.17, 15) is 14.0 Å². The number of anilines is 1. The van der Waals surface area contributed by atoms with Crippen molar-refractivity contribution in [3.8, 4) is 0 Å². The predicted molar refractivity (Wildman–Crippen MR) is 157 cm³/mol. The third-order valence-electron chi connectivity index (χ3n) is 8.05. The number of fused-ring (bicyclic) bond motifs is 1. The Labute approximate surface area is 242 Å². The van der Waals surface area contributed by atoms with Gasteiger partial charge in [-0.15, -0.1) is 0 Å². The average Bonchev–Trinajstić information content (AvgIpc) is 2.97. The number of piperidine rings is 1. The van der Waals surface area contributed by atoms with E-state index in [2.05, 4.69) is 23.6 Å². The van der Waals surface area contributed by atoms with Gasteiger partial charge in [-0.1, -0.05) is 29.8 Å². The highest BCUT2D eigenvalue weighted by Crippen LogP contribution is 2.29. The lowest BCUT2D eigenvalue weighted by atomic mass is 9.94. The van der Waals surface area contributed by atoms with Crippen LogP contribution in [0.5, 0.6) is 0 Å². The van der Waals surface area contributed by atoms with Crippen LogP contribution in [-0.2, 0) is 27.4 Å². The molecule has 1 fully saturated rings. The summed E-state index contributed by atoms with van der Waals surface area (Å²) in [7, 11) is 1.52. The normalized spacial score (nSPS) is 18.4. The summed E-state index contributed by atoms with van der Waals surface area (Å²) in [6.07, 6.45) is 2.38. The number of likely N-dealkylation sites (tertiary alicyclic amines) is 1. The molecule has 0 aliphatic carbocycles. The molecule has 40 heavy (non-hydrogen) atoms. The third-order valence-corrected chi connectivity index (χ3v) is 8.29. The van der Waals surface area contributed by atoms with Gasteiger partial charge in [0.2, 0.25) is 5.91 Å². The van der Waals surface area contributed by atoms with Gasteiger partial charge in [-0.3, -0.25) is 19.4 Å². The third kappa shape index (κ3) is 8.03. The smallest absolute Gasteiger partial charge is 0.252 e. The van der Waals surface area contributed by atoms with Crippen LogP contribution in [0.3, 0.4) is 0 Å². The van der Waals surface area contributed by atoms with E-state index in [-0.39, 0.29) is 30.2 Å². The Hall–Kier alpha value is -2.52. The highest BCUT2D eigenvalue weighted by molar-refractivity contribution is 6.31. The van der Waals surface area contributed by atoms with Gasteiger partial charge in [0.1, 0.15) is 12.4 Å². The zero-order chi connectivity index (χ0) is 28.6. The summed E-state index contributed by atoms with van der Waals surface area (Å²) in [5.74, 6) is -0.230. The van der Waals surface area contributed by atoms with E-state index in [0.717, 1.165) is 68.8 Å². The van der Waals surface area contributed by atoms with Crippen molar-refractivity contribution in [1.29, 1.82) is 0 Å². The summed E-state index contributed by atoms with van der Waals surface area (Å²) in [5.41, 5.74) is 2.74. The van der Waals surface area contributed by atoms with E-state index in [0.29, 0.717) is 30.7 Å². The molecule has 0 spiro atoms. The van der Waals surface area contributed by atoms with E-state index < -0.39 is 0 Å². The van der Waals surface area contributed by atoms with Crippen LogP contribution in [0.4, 0.5) is 10.1 Å². The molecular weight excluding hydrogens is 531 g/mol. The number of methoxy groups -OCH3 is 1. The number of ether oxygens (including phenoxy) is 1. The number of hydrogen-bond acceptors (Lipinski definition) is 5. The molecule has 2 aromatic carbocycles. The van der Waals surface area contributed by atoms with Crippen molar-refractivity contribution >= 4 is 29.1 Å². The maximum atomic E-state index is 14.0. The second kappa shape index (κ2) is 14.4. The summed E-state index contributed by atoms with van der Waals surface area (Å²) in [6.45, 7) is 9.94. The van der Waals surface area contributed by atoms with Crippen LogP contribution in [0, 0.1) is 11.7 Å². The zero-order valence-corrected chi connectivity index (χ0v) is 24.7. The minimum Gasteiger partial charge on any atom is -0.375 e. The van der Waals surface area contributed by atoms with Gasteiger partial charge in [-0.25, -0.2) is 4.39 Å². The molecule has 0 unspecified atom stereocenters. The molecule has 9 heteroatoms. The van der Waals surface area contributed by atoms with Crippen molar-refractivity contribution in [2.45, 2.75) is 52.2 Å². The van der Waals surface area contributed by atoms with Crippen molar-refractivity contribution in [2.75, 3.05) is 57.9 Å². The Bertz CT molecular complexity index is 1140. The Kier molecular flexibility index (Phi) is 11.0. The van der Waals surface area contributed by atoms with Gasteiger partial charge in [0, 0.05) is 63.4 Å². The van der Waals surface area contributed by atoms with E-state index in [1.807, 2.05) is 35.2 Å². The van der Waals surface area contributed by atoms with Crippen molar-refractivity contribution in [3.05, 3.63) is 64.4 Å². The molecule has 0 atom stereocenters. The quantitative estimate of drug-likeness (QED) is 0.497. The molecule has 0 radical (unpaired) electrons. The largest absolute Gasteiger partial charge is 0.375 e. The molecule has 7 nitrogen and oxygen atoms in total. The summed E-state index contributed by atoms with van der Waals surface area (Å²) in [4.78, 5) is 35.6. The first-order chi connectivity index (χ1) is 19.2. The van der Waals surface area contributed by atoms with Crippen LogP contribution in [-0.4, -0.2) is 85.5 Å². The first kappa shape index (κ1) is 30.4. The summed E-state index contributed by atoms with van der Waals surface area (Å²) in [5, 5.41) is 0.555. The molecule has 2 aliphatic heterocycles. The minimum absolute atomic E-state index is 0.0149. The van der Waals surface area contributed by atoms with Gasteiger partial charge in [0.25, 0.3) is 5.91 Å². The first-order valence-electron chi connectivity index (χ1n) is 14.3. The topological polar surface area (TPSA) is 56.3 Å². The summed E-state index contributed by atoms with van der Waals surface area (Å²) < 4.78 is 18.5. The Morgan fingerprint density at radius 2 is 1.73 bits per heavy atom. The van der Waals surface area contributed by atoms with Crippen LogP contribution in [0.15, 0.2) is 42.5 Å². The number of benzene rings is 2. The van der Waals surface area contributed by atoms with Crippen molar-refractivity contribution in [3.63, 3.8) is 0 Å². The standard InChI is InChI=1S/C31H42ClFN4O3/c1-23(2)35-13-4-14-37(30(38)22-40-3)29-19-27(32)8-7-26(29)21-36(18-17-35)31(39)25-11-15-34(16-12-25)20-24-5-9-28(33)10-6-24/h5-10,19,23,25H,4,11-18,20-22H2,1-3H3. The highest BCUT2D eigenvalue weighted by Gasteiger charge is 2.31. The van der Waals surface area contributed by atoms with Crippen LogP contribution in [0.25, 0.3) is 0 Å². The molecule has 0 saturated carbocycles. The van der Waals surface area contributed by atoms with E-state index >= 15 is 0 Å². The molecule has 2 aromatic rings. The Balaban J connectivity index is 1.53. The predicted octanol–water partition coefficient (Wildman–Crippen LogP) is 4.81. The Morgan fingerprint density at radius 3 is 2.40 bits per heavy atom. The van der Waals surface area contributed by atoms with Crippen molar-refractivity contribution < 1.29 is 18.7 Å². The van der Waals surface area contributed by atoms with Gasteiger partial charge in [0.05, 0.1) is 5.69 Å². The fraction of sp³-hybridized carbons (Fsp3) is 0.548. The van der Waals surface area contributed by atoms with E-state index in [4.69, 9.17) is 16.3 Å². The highest BCUT2D eigenvalue weighted by atomic mass is 35.5. The fourth-order valence-electron chi connectivity index (χ4n) is 5.73. The second-order valence-electron chi connectivity index (χ2n) is 11.2. The van der Waals surface area contributed by atoms with Crippen LogP contribution in [0.2, 0.25) is 5.02 Å². The Morgan fingerprint density at radius 1 is 1.00 bits per heavy atom. The number of hydrogen-bond donors (Lipinski definition) is 0. The number of rotatable bonds is 6. The second-order valence-corrected chi connectivity index (χ2v) is 11.6. The molecule has 218 valence electrons. The van der Waals surface area contributed by atoms with E-state index in [1.54, 1.807) is 4.90 Å². The van der Waals surface area contributed by atoms with Crippen LogP contribution in [0.1, 0.15) is 44.2 Å². The lowest BCUT2D eigenvalue weighted by Gasteiger charge is -2.36. The first-order valence-corrected chi connectivity index (χ1v) is 14.7. The molecule has 2 heterocycles. The maximum absolute atomic E-state index is 14.0. The van der Waals surface area contributed by atoms with Crippen molar-refractivity contribution in [2.24, 2.45) is 5.92 Å². The summed E-state index contributed by atoms with van der Waals surface area (Å²) in [6, 6.07) is 12.6. The van der Waals surface area contributed by atoms with Gasteiger partial charge in [-0.05, 0) is 81.6 Å². The molecule has 4 rings (SSSR count). The maximum Gasteiger partial charge on any atom is 0.252 e. The van der Waals surface area contributed by atoms with Gasteiger partial charge in [0.15, 0.2) is 0 Å². The van der Waals surface area contributed by atoms with Crippen LogP contribution < -0.4 is 4.90 Å². The molecule has 2 aliphatic rings. The van der Waals surface area contributed by atoms with Crippen molar-refractivity contribution in [1.82, 2.24) is 14.7 Å². The average molecular weight is 573 g/mol. The lowest BCUT2D eigenvalue weighted by Crippen LogP contribution is -2.45. The zero-order valence-electron chi connectivity index (χ0n) is 24.0. The SMILES string of the molecule is COCC(=O)N1CCCN(C(C)C)CCN(C(=O)C2CCN(Cc3ccc(F)cc3)CC2)Cc2ccc(Cl)cc21. The summed E-state index contributed by atoms with van der Waals surface area (Å²) >= 11 is 6.41. The van der Waals surface area contributed by atoms with Gasteiger partial charge >= 0.3 is 0 Å². The number of carbonyl (C=O) groups excluding carboxylic acids is 2. The fourth-order valence-corrected chi connectivity index (χ4v) is 5.90. The van der Waals surface area contributed by atoms with Gasteiger partial charge in [-0.2, -0.15) is 0 Å². The molecule has 0 aromatic heterocycles. The minimum atomic E-state index is -0.227. The molecule has 0 N–H and O–H groups in total. The van der Waals surface area contributed by atoms with Crippen LogP contribution >= 0.6 is 11.6 Å². The number of amides is 2. The molecule has 1 saturated heterocycles. The monoisotopic (exact) mass is 572 g/mol. The number of halogens is 2. The molecular formula is C31H42ClFN4O3. The molecule has 0 bridgehead atoms. The lowest BCUT2D eigenvalue weighted by molar-refractivity contribution is -0.138. The molecule has 2 amide bonds.